The number of carbonyl (C=O) groups excluding carboxylic acids is 1. The fourth-order valence-corrected chi connectivity index (χ4v) is 1.81. The number of nitrogens with one attached hydrogen (secondary N) is 1. The van der Waals surface area contributed by atoms with Crippen molar-refractivity contribution < 1.29 is 19.4 Å². The lowest BCUT2D eigenvalue weighted by Crippen LogP contribution is -2.52. The number of nitrogens with two attached hydrogens (primary N) is 1. The molecule has 0 aromatic rings. The SMILES string of the molecule is COC1(CNC(=O)C(N)CCC(=O)O)CCC1. The maximum atomic E-state index is 11.6. The number of amides is 1. The highest BCUT2D eigenvalue weighted by Crippen LogP contribution is 2.34. The number of ether oxygens (including phenoxy) is 1. The van der Waals surface area contributed by atoms with Gasteiger partial charge >= 0.3 is 5.97 Å². The Hall–Kier alpha value is -1.14. The third-order valence-electron chi connectivity index (χ3n) is 3.29. The molecule has 6 heteroatoms. The summed E-state index contributed by atoms with van der Waals surface area (Å²) in [6.07, 6.45) is 3.04. The summed E-state index contributed by atoms with van der Waals surface area (Å²) < 4.78 is 5.35. The minimum atomic E-state index is -0.944. The average Bonchev–Trinajstić information content (AvgIpc) is 2.24. The summed E-state index contributed by atoms with van der Waals surface area (Å²) in [5.41, 5.74) is 5.35. The van der Waals surface area contributed by atoms with Crippen LogP contribution in [-0.2, 0) is 14.3 Å². The summed E-state index contributed by atoms with van der Waals surface area (Å²) >= 11 is 0. The molecule has 4 N–H and O–H groups in total. The number of hydrogen-bond acceptors (Lipinski definition) is 4. The van der Waals surface area contributed by atoms with E-state index in [1.165, 1.54) is 0 Å². The van der Waals surface area contributed by atoms with Crippen LogP contribution in [0.3, 0.4) is 0 Å². The fraction of sp³-hybridized carbons (Fsp3) is 0.818. The molecular formula is C11H20N2O4. The van der Waals surface area contributed by atoms with Crippen molar-refractivity contribution in [1.29, 1.82) is 0 Å². The Labute approximate surface area is 101 Å². The summed E-state index contributed by atoms with van der Waals surface area (Å²) in [5.74, 6) is -1.25. The van der Waals surface area contributed by atoms with E-state index in [-0.39, 0.29) is 24.3 Å². The molecule has 1 unspecified atom stereocenters. The zero-order chi connectivity index (χ0) is 12.9. The topological polar surface area (TPSA) is 102 Å². The molecule has 0 saturated heterocycles. The first kappa shape index (κ1) is 13.9. The number of hydrogen-bond donors (Lipinski definition) is 3. The molecule has 1 rings (SSSR count). The summed E-state index contributed by atoms with van der Waals surface area (Å²) in [4.78, 5) is 21.9. The molecule has 17 heavy (non-hydrogen) atoms. The maximum absolute atomic E-state index is 11.6. The minimum Gasteiger partial charge on any atom is -0.481 e. The Balaban J connectivity index is 2.26. The highest BCUT2D eigenvalue weighted by molar-refractivity contribution is 5.82. The van der Waals surface area contributed by atoms with Gasteiger partial charge in [0.25, 0.3) is 0 Å². The molecule has 0 radical (unpaired) electrons. The molecule has 0 bridgehead atoms. The van der Waals surface area contributed by atoms with Crippen molar-refractivity contribution in [3.8, 4) is 0 Å². The van der Waals surface area contributed by atoms with Crippen molar-refractivity contribution in [1.82, 2.24) is 5.32 Å². The van der Waals surface area contributed by atoms with E-state index in [0.717, 1.165) is 19.3 Å². The molecule has 0 aliphatic heterocycles. The van der Waals surface area contributed by atoms with Gasteiger partial charge in [-0.15, -0.1) is 0 Å². The highest BCUT2D eigenvalue weighted by atomic mass is 16.5. The third kappa shape index (κ3) is 3.98. The number of aliphatic carboxylic acids is 1. The quantitative estimate of drug-likeness (QED) is 0.578. The van der Waals surface area contributed by atoms with Crippen LogP contribution in [0, 0.1) is 0 Å². The molecule has 6 nitrogen and oxygen atoms in total. The molecule has 0 spiro atoms. The van der Waals surface area contributed by atoms with E-state index in [4.69, 9.17) is 15.6 Å². The van der Waals surface area contributed by atoms with Gasteiger partial charge in [0.15, 0.2) is 0 Å². The lowest BCUT2D eigenvalue weighted by molar-refractivity contribution is -0.137. The molecule has 0 heterocycles. The molecule has 0 aromatic carbocycles. The number of methoxy groups -OCH3 is 1. The van der Waals surface area contributed by atoms with Crippen molar-refractivity contribution in [3.63, 3.8) is 0 Å². The number of carboxylic acid groups (broad SMARTS) is 1. The van der Waals surface area contributed by atoms with E-state index < -0.39 is 12.0 Å². The largest absolute Gasteiger partial charge is 0.481 e. The van der Waals surface area contributed by atoms with Crippen LogP contribution in [0.15, 0.2) is 0 Å². The monoisotopic (exact) mass is 244 g/mol. The van der Waals surface area contributed by atoms with Crippen molar-refractivity contribution in [3.05, 3.63) is 0 Å². The van der Waals surface area contributed by atoms with Crippen molar-refractivity contribution in [2.24, 2.45) is 5.73 Å². The predicted octanol–water partition coefficient (Wildman–Crippen LogP) is -0.136. The minimum absolute atomic E-state index is 0.0932. The van der Waals surface area contributed by atoms with Crippen molar-refractivity contribution >= 4 is 11.9 Å². The normalized spacial score (nSPS) is 19.2. The number of carbonyl (C=O) groups is 2. The standard InChI is InChI=1S/C11H20N2O4/c1-17-11(5-2-6-11)7-13-10(16)8(12)3-4-9(14)15/h8H,2-7,12H2,1H3,(H,13,16)(H,14,15). The second kappa shape index (κ2) is 5.97. The Bertz CT molecular complexity index is 284. The van der Waals surface area contributed by atoms with Gasteiger partial charge in [-0.25, -0.2) is 0 Å². The first-order valence-corrected chi connectivity index (χ1v) is 5.79. The van der Waals surface area contributed by atoms with Gasteiger partial charge in [-0.1, -0.05) is 0 Å². The summed E-state index contributed by atoms with van der Waals surface area (Å²) in [6.45, 7) is 0.448. The van der Waals surface area contributed by atoms with E-state index in [0.29, 0.717) is 6.54 Å². The van der Waals surface area contributed by atoms with Gasteiger partial charge < -0.3 is 20.9 Å². The zero-order valence-electron chi connectivity index (χ0n) is 10.1. The summed E-state index contributed by atoms with van der Waals surface area (Å²) in [7, 11) is 1.63. The van der Waals surface area contributed by atoms with Gasteiger partial charge in [-0.05, 0) is 25.7 Å². The second-order valence-electron chi connectivity index (χ2n) is 4.50. The van der Waals surface area contributed by atoms with Gasteiger partial charge in [-0.2, -0.15) is 0 Å². The lowest BCUT2D eigenvalue weighted by atomic mass is 9.80. The van der Waals surface area contributed by atoms with Crippen LogP contribution in [0.4, 0.5) is 0 Å². The van der Waals surface area contributed by atoms with Crippen LogP contribution in [0.25, 0.3) is 0 Å². The molecule has 1 fully saturated rings. The van der Waals surface area contributed by atoms with E-state index in [2.05, 4.69) is 5.32 Å². The molecule has 1 atom stereocenters. The van der Waals surface area contributed by atoms with E-state index >= 15 is 0 Å². The Morgan fingerprint density at radius 3 is 2.59 bits per heavy atom. The first-order chi connectivity index (χ1) is 7.99. The van der Waals surface area contributed by atoms with Gasteiger partial charge in [0.05, 0.1) is 11.6 Å². The Morgan fingerprint density at radius 1 is 1.53 bits per heavy atom. The first-order valence-electron chi connectivity index (χ1n) is 5.79. The molecule has 1 aliphatic carbocycles. The molecule has 1 amide bonds. The van der Waals surface area contributed by atoms with Crippen LogP contribution in [0.1, 0.15) is 32.1 Å². The van der Waals surface area contributed by atoms with Crippen LogP contribution >= 0.6 is 0 Å². The maximum Gasteiger partial charge on any atom is 0.303 e. The van der Waals surface area contributed by atoms with Gasteiger partial charge in [0, 0.05) is 20.1 Å². The summed E-state index contributed by atoms with van der Waals surface area (Å²) in [6, 6.07) is -0.764. The zero-order valence-corrected chi connectivity index (χ0v) is 10.1. The highest BCUT2D eigenvalue weighted by Gasteiger charge is 2.37. The van der Waals surface area contributed by atoms with Crippen molar-refractivity contribution in [2.45, 2.75) is 43.7 Å². The van der Waals surface area contributed by atoms with Gasteiger partial charge in [-0.3, -0.25) is 9.59 Å². The molecular weight excluding hydrogens is 224 g/mol. The fourth-order valence-electron chi connectivity index (χ4n) is 1.81. The Kier molecular flexibility index (Phi) is 4.89. The average molecular weight is 244 g/mol. The van der Waals surface area contributed by atoms with Crippen LogP contribution < -0.4 is 11.1 Å². The van der Waals surface area contributed by atoms with E-state index in [1.807, 2.05) is 0 Å². The third-order valence-corrected chi connectivity index (χ3v) is 3.29. The predicted molar refractivity (Wildman–Crippen MR) is 61.4 cm³/mol. The smallest absolute Gasteiger partial charge is 0.303 e. The molecule has 98 valence electrons. The molecule has 1 aliphatic rings. The van der Waals surface area contributed by atoms with E-state index in [1.54, 1.807) is 7.11 Å². The molecule has 1 saturated carbocycles. The van der Waals surface area contributed by atoms with E-state index in [9.17, 15) is 9.59 Å². The summed E-state index contributed by atoms with van der Waals surface area (Å²) in [5, 5.41) is 11.2. The second-order valence-corrected chi connectivity index (χ2v) is 4.50. The Morgan fingerprint density at radius 2 is 2.18 bits per heavy atom. The molecule has 0 aromatic heterocycles. The number of carboxylic acids is 1. The number of rotatable bonds is 7. The van der Waals surface area contributed by atoms with Crippen LogP contribution in [-0.4, -0.2) is 42.3 Å². The van der Waals surface area contributed by atoms with Crippen molar-refractivity contribution in [2.75, 3.05) is 13.7 Å². The van der Waals surface area contributed by atoms with Gasteiger partial charge in [0.2, 0.25) is 5.91 Å². The van der Waals surface area contributed by atoms with Crippen LogP contribution in [0.2, 0.25) is 0 Å². The lowest BCUT2D eigenvalue weighted by Gasteiger charge is -2.40. The van der Waals surface area contributed by atoms with Gasteiger partial charge in [0.1, 0.15) is 0 Å². The van der Waals surface area contributed by atoms with Crippen LogP contribution in [0.5, 0.6) is 0 Å².